The fraction of sp³-hybridized carbons (Fsp3) is 0.943. The molecule has 0 aromatic rings. The largest absolute Gasteiger partial charge is 0.459 e. The maximum absolute atomic E-state index is 13.9. The van der Waals surface area contributed by atoms with E-state index in [0.717, 1.165) is 19.4 Å². The molecule has 0 aliphatic carbocycles. The third-order valence-electron chi connectivity index (χ3n) is 11.5. The van der Waals surface area contributed by atoms with Crippen molar-refractivity contribution < 1.29 is 49.0 Å². The van der Waals surface area contributed by atoms with E-state index in [-0.39, 0.29) is 43.1 Å². The van der Waals surface area contributed by atoms with Gasteiger partial charge in [-0.3, -0.25) is 4.79 Å². The van der Waals surface area contributed by atoms with Gasteiger partial charge in [-0.1, -0.05) is 39.8 Å². The molecule has 3 heterocycles. The minimum atomic E-state index is -1.84. The second-order valence-electron chi connectivity index (χ2n) is 15.3. The molecule has 0 radical (unpaired) electrons. The predicted molar refractivity (Wildman–Crippen MR) is 178 cm³/mol. The number of oxime groups is 1. The molecule has 274 valence electrons. The molecule has 47 heavy (non-hydrogen) atoms. The van der Waals surface area contributed by atoms with Crippen molar-refractivity contribution in [3.63, 3.8) is 0 Å². The Morgan fingerprint density at radius 3 is 2.23 bits per heavy atom. The first-order valence-electron chi connectivity index (χ1n) is 17.6. The van der Waals surface area contributed by atoms with Crippen LogP contribution in [0.5, 0.6) is 0 Å². The Kier molecular flexibility index (Phi) is 13.7. The standard InChI is InChI=1S/C35H64N2O10/c1-12-26-35(10,42)30(38)21(4)28(37-47-25-14-13-15-36-18-25)19(2)16-33(8,41)23(6)20(3)29(22(5)32(40)45-26)46-27-17-34(9,43-11)31(39)24(7)44-27/h19-27,29-31,36,38-39,41-42H,12-18H2,1-11H3/t19-,20-,21+,22-,23-,24+,25?,26-,27?,29+,30-,31+,33-,34-,35-/m1/s1. The molecule has 2 unspecified atom stereocenters. The molecule has 3 saturated heterocycles. The summed E-state index contributed by atoms with van der Waals surface area (Å²) in [6.07, 6.45) is -3.05. The highest BCUT2D eigenvalue weighted by atomic mass is 16.7. The first-order valence-corrected chi connectivity index (χ1v) is 17.6. The van der Waals surface area contributed by atoms with Crippen molar-refractivity contribution in [2.75, 3.05) is 20.2 Å². The number of nitrogens with zero attached hydrogens (tertiary/aromatic N) is 1. The molecule has 0 spiro atoms. The van der Waals surface area contributed by atoms with Gasteiger partial charge in [0.1, 0.15) is 23.9 Å². The van der Waals surface area contributed by atoms with E-state index < -0.39 is 71.4 Å². The normalized spacial score (nSPS) is 48.8. The fourth-order valence-electron chi connectivity index (χ4n) is 7.75. The molecular weight excluding hydrogens is 608 g/mol. The zero-order valence-corrected chi connectivity index (χ0v) is 30.6. The zero-order valence-electron chi connectivity index (χ0n) is 30.6. The van der Waals surface area contributed by atoms with Crippen LogP contribution in [0, 0.1) is 29.6 Å². The maximum atomic E-state index is 13.9. The first-order chi connectivity index (χ1) is 21.8. The van der Waals surface area contributed by atoms with Crippen molar-refractivity contribution in [3.05, 3.63) is 0 Å². The molecule has 3 rings (SSSR count). The van der Waals surface area contributed by atoms with Crippen LogP contribution >= 0.6 is 0 Å². The van der Waals surface area contributed by atoms with Crippen LogP contribution < -0.4 is 5.32 Å². The van der Waals surface area contributed by atoms with Gasteiger partial charge in [0.2, 0.25) is 0 Å². The number of carbonyl (C=O) groups is 1. The number of esters is 1. The molecule has 3 fully saturated rings. The number of aliphatic hydroxyl groups is 4. The van der Waals surface area contributed by atoms with Gasteiger partial charge in [-0.05, 0) is 78.7 Å². The van der Waals surface area contributed by atoms with Gasteiger partial charge in [-0.2, -0.15) is 0 Å². The Morgan fingerprint density at radius 1 is 1.00 bits per heavy atom. The maximum Gasteiger partial charge on any atom is 0.311 e. The minimum absolute atomic E-state index is 0.129. The number of hydrogen-bond acceptors (Lipinski definition) is 12. The van der Waals surface area contributed by atoms with E-state index in [1.54, 1.807) is 41.5 Å². The zero-order chi connectivity index (χ0) is 35.5. The molecule has 0 amide bonds. The van der Waals surface area contributed by atoms with E-state index in [2.05, 4.69) is 10.5 Å². The Hall–Kier alpha value is -1.38. The Bertz CT molecular complexity index is 1050. The fourth-order valence-corrected chi connectivity index (χ4v) is 7.75. The van der Waals surface area contributed by atoms with Crippen molar-refractivity contribution in [1.82, 2.24) is 5.32 Å². The number of aliphatic hydroxyl groups excluding tert-OH is 2. The van der Waals surface area contributed by atoms with E-state index in [1.807, 2.05) is 20.8 Å². The topological polar surface area (TPSA) is 169 Å². The van der Waals surface area contributed by atoms with Crippen LogP contribution in [0.4, 0.5) is 0 Å². The Balaban J connectivity index is 2.04. The summed E-state index contributed by atoms with van der Waals surface area (Å²) in [6, 6.07) is 0. The van der Waals surface area contributed by atoms with E-state index in [1.165, 1.54) is 14.0 Å². The van der Waals surface area contributed by atoms with Crippen LogP contribution in [-0.4, -0.2) is 112 Å². The number of piperidine rings is 1. The van der Waals surface area contributed by atoms with Gasteiger partial charge in [0.15, 0.2) is 6.29 Å². The molecule has 3 aliphatic rings. The lowest BCUT2D eigenvalue weighted by molar-refractivity contribution is -0.298. The van der Waals surface area contributed by atoms with Crippen molar-refractivity contribution >= 4 is 11.7 Å². The molecule has 12 nitrogen and oxygen atoms in total. The molecule has 0 aromatic heterocycles. The van der Waals surface area contributed by atoms with Crippen LogP contribution in [0.2, 0.25) is 0 Å². The van der Waals surface area contributed by atoms with Crippen molar-refractivity contribution in [3.8, 4) is 0 Å². The van der Waals surface area contributed by atoms with Gasteiger partial charge in [0.25, 0.3) is 0 Å². The summed E-state index contributed by atoms with van der Waals surface area (Å²) in [5, 5.41) is 54.2. The van der Waals surface area contributed by atoms with Gasteiger partial charge in [0, 0.05) is 31.9 Å². The average Bonchev–Trinajstić information content (AvgIpc) is 3.03. The Morgan fingerprint density at radius 2 is 1.66 bits per heavy atom. The van der Waals surface area contributed by atoms with Gasteiger partial charge in [-0.25, -0.2) is 0 Å². The number of rotatable bonds is 6. The molecular formula is C35H64N2O10. The highest BCUT2D eigenvalue weighted by Gasteiger charge is 2.51. The van der Waals surface area contributed by atoms with Crippen LogP contribution in [0.15, 0.2) is 5.16 Å². The van der Waals surface area contributed by atoms with E-state index in [9.17, 15) is 25.2 Å². The highest BCUT2D eigenvalue weighted by Crippen LogP contribution is 2.40. The molecule has 0 bridgehead atoms. The van der Waals surface area contributed by atoms with Crippen molar-refractivity contribution in [1.29, 1.82) is 0 Å². The third-order valence-corrected chi connectivity index (χ3v) is 11.5. The van der Waals surface area contributed by atoms with E-state index in [4.69, 9.17) is 23.8 Å². The lowest BCUT2D eigenvalue weighted by atomic mass is 9.70. The van der Waals surface area contributed by atoms with Gasteiger partial charge < -0.3 is 49.5 Å². The minimum Gasteiger partial charge on any atom is -0.459 e. The van der Waals surface area contributed by atoms with E-state index >= 15 is 0 Å². The smallest absolute Gasteiger partial charge is 0.311 e. The summed E-state index contributed by atoms with van der Waals surface area (Å²) >= 11 is 0. The summed E-state index contributed by atoms with van der Waals surface area (Å²) in [5.41, 5.74) is -3.52. The summed E-state index contributed by atoms with van der Waals surface area (Å²) in [4.78, 5) is 19.9. The predicted octanol–water partition coefficient (Wildman–Crippen LogP) is 3.17. The molecule has 15 atom stereocenters. The second-order valence-corrected chi connectivity index (χ2v) is 15.3. The first kappa shape index (κ1) is 40.1. The quantitative estimate of drug-likeness (QED) is 0.208. The average molecular weight is 673 g/mol. The monoisotopic (exact) mass is 672 g/mol. The summed E-state index contributed by atoms with van der Waals surface area (Å²) < 4.78 is 24.3. The number of ether oxygens (including phenoxy) is 4. The lowest BCUT2D eigenvalue weighted by Gasteiger charge is -2.47. The van der Waals surface area contributed by atoms with Crippen LogP contribution in [0.3, 0.4) is 0 Å². The summed E-state index contributed by atoms with van der Waals surface area (Å²) in [7, 11) is 1.53. The van der Waals surface area contributed by atoms with Gasteiger partial charge in [-0.15, -0.1) is 0 Å². The SMILES string of the molecule is CC[C@H]1OC(=O)[C@H](C)[C@@H](OC2C[C@@](C)(OC)[C@@H](O)[C@H](C)O2)[C@H](C)[C@@H](C)[C@](C)(O)C[C@@H](C)C(=NOC2CCCNC2)[C@H](C)[C@@H](O)[C@]1(C)O. The van der Waals surface area contributed by atoms with Crippen molar-refractivity contribution in [2.24, 2.45) is 34.7 Å². The second kappa shape index (κ2) is 16.1. The molecule has 12 heteroatoms. The van der Waals surface area contributed by atoms with Crippen LogP contribution in [0.1, 0.15) is 101 Å². The number of nitrogens with one attached hydrogen (secondary N) is 1. The molecule has 0 aromatic carbocycles. The van der Waals surface area contributed by atoms with Crippen LogP contribution in [0.25, 0.3) is 0 Å². The molecule has 0 saturated carbocycles. The Labute approximate surface area is 281 Å². The lowest BCUT2D eigenvalue weighted by Crippen LogP contribution is -2.58. The number of carbonyl (C=O) groups excluding carboxylic acids is 1. The molecule has 5 N–H and O–H groups in total. The number of cyclic esters (lactones) is 1. The van der Waals surface area contributed by atoms with E-state index in [0.29, 0.717) is 12.3 Å². The van der Waals surface area contributed by atoms with Gasteiger partial charge in [0.05, 0.1) is 41.1 Å². The van der Waals surface area contributed by atoms with Crippen LogP contribution in [-0.2, 0) is 28.6 Å². The summed E-state index contributed by atoms with van der Waals surface area (Å²) in [6.45, 7) is 19.5. The third kappa shape index (κ3) is 9.05. The number of hydrogen-bond donors (Lipinski definition) is 5. The summed E-state index contributed by atoms with van der Waals surface area (Å²) in [5.74, 6) is -3.23. The number of methoxy groups -OCH3 is 1. The van der Waals surface area contributed by atoms with Crippen molar-refractivity contribution in [2.45, 2.75) is 161 Å². The highest BCUT2D eigenvalue weighted by molar-refractivity contribution is 5.88. The molecule has 3 aliphatic heterocycles. The van der Waals surface area contributed by atoms with Gasteiger partial charge >= 0.3 is 5.97 Å².